The van der Waals surface area contributed by atoms with E-state index in [4.69, 9.17) is 4.42 Å². The highest BCUT2D eigenvalue weighted by atomic mass is 32.1. The predicted molar refractivity (Wildman–Crippen MR) is 104 cm³/mol. The Balaban J connectivity index is 1.58. The number of likely N-dealkylation sites (N-methyl/N-ethyl adjacent to an activating group) is 1. The van der Waals surface area contributed by atoms with E-state index in [1.165, 1.54) is 23.2 Å². The van der Waals surface area contributed by atoms with E-state index in [1.807, 2.05) is 19.5 Å². The van der Waals surface area contributed by atoms with Crippen LogP contribution in [0.15, 0.2) is 51.8 Å². The van der Waals surface area contributed by atoms with Gasteiger partial charge in [0, 0.05) is 6.54 Å². The van der Waals surface area contributed by atoms with Gasteiger partial charge in [-0.2, -0.15) is 11.3 Å². The Bertz CT molecular complexity index is 854. The van der Waals surface area contributed by atoms with E-state index in [1.54, 1.807) is 35.6 Å². The van der Waals surface area contributed by atoms with Crippen LogP contribution in [0.2, 0.25) is 0 Å². The van der Waals surface area contributed by atoms with Crippen molar-refractivity contribution in [3.8, 4) is 0 Å². The van der Waals surface area contributed by atoms with Crippen molar-refractivity contribution in [2.75, 3.05) is 26.0 Å². The van der Waals surface area contributed by atoms with Crippen LogP contribution >= 0.6 is 22.7 Å². The molecule has 0 bridgehead atoms. The molecular formula is C18H19N3O3S2. The Morgan fingerprint density at radius 2 is 2.04 bits per heavy atom. The highest BCUT2D eigenvalue weighted by Crippen LogP contribution is 2.24. The monoisotopic (exact) mass is 389 g/mol. The first-order valence-electron chi connectivity index (χ1n) is 7.96. The van der Waals surface area contributed by atoms with E-state index in [-0.39, 0.29) is 23.6 Å². The van der Waals surface area contributed by atoms with Gasteiger partial charge in [0.25, 0.3) is 11.8 Å². The van der Waals surface area contributed by atoms with Crippen molar-refractivity contribution in [1.29, 1.82) is 0 Å². The van der Waals surface area contributed by atoms with E-state index < -0.39 is 0 Å². The number of thiophene rings is 2. The van der Waals surface area contributed by atoms with Gasteiger partial charge in [-0.15, -0.1) is 11.3 Å². The van der Waals surface area contributed by atoms with Crippen LogP contribution in [0.4, 0.5) is 5.00 Å². The lowest BCUT2D eigenvalue weighted by Gasteiger charge is -2.23. The van der Waals surface area contributed by atoms with Crippen molar-refractivity contribution in [3.05, 3.63) is 63.6 Å². The molecule has 3 aromatic heterocycles. The van der Waals surface area contributed by atoms with Crippen molar-refractivity contribution in [1.82, 2.24) is 10.2 Å². The quantitative estimate of drug-likeness (QED) is 0.646. The maximum absolute atomic E-state index is 12.4. The minimum atomic E-state index is -0.339. The SMILES string of the molecule is CN(C)C(CNC(=O)c1ccc(NC(=O)c2ccco2)s1)c1ccsc1. The first-order chi connectivity index (χ1) is 12.5. The van der Waals surface area contributed by atoms with Gasteiger partial charge in [-0.25, -0.2) is 0 Å². The summed E-state index contributed by atoms with van der Waals surface area (Å²) in [5.41, 5.74) is 1.18. The predicted octanol–water partition coefficient (Wildman–Crippen LogP) is 3.69. The number of carbonyl (C=O) groups is 2. The van der Waals surface area contributed by atoms with Gasteiger partial charge in [0.1, 0.15) is 0 Å². The van der Waals surface area contributed by atoms with E-state index in [0.717, 1.165) is 0 Å². The zero-order valence-electron chi connectivity index (χ0n) is 14.4. The van der Waals surface area contributed by atoms with E-state index in [0.29, 0.717) is 16.4 Å². The van der Waals surface area contributed by atoms with Gasteiger partial charge in [-0.05, 0) is 60.8 Å². The number of furan rings is 1. The van der Waals surface area contributed by atoms with Gasteiger partial charge >= 0.3 is 0 Å². The maximum atomic E-state index is 12.4. The number of hydrogen-bond acceptors (Lipinski definition) is 6. The summed E-state index contributed by atoms with van der Waals surface area (Å²) in [7, 11) is 3.98. The Hall–Kier alpha value is -2.42. The number of anilines is 1. The fraction of sp³-hybridized carbons (Fsp3) is 0.222. The molecule has 0 spiro atoms. The molecular weight excluding hydrogens is 370 g/mol. The van der Waals surface area contributed by atoms with Crippen molar-refractivity contribution < 1.29 is 14.0 Å². The van der Waals surface area contributed by atoms with Crippen molar-refractivity contribution in [2.45, 2.75) is 6.04 Å². The average molecular weight is 390 g/mol. The number of carbonyl (C=O) groups excluding carboxylic acids is 2. The number of nitrogens with one attached hydrogen (secondary N) is 2. The van der Waals surface area contributed by atoms with Crippen molar-refractivity contribution in [3.63, 3.8) is 0 Å². The molecule has 0 saturated heterocycles. The molecule has 3 heterocycles. The standard InChI is InChI=1S/C18H19N3O3S2/c1-21(2)13(12-7-9-25-11-12)10-19-18(23)15-5-6-16(26-15)20-17(22)14-4-3-8-24-14/h3-9,11,13H,10H2,1-2H3,(H,19,23)(H,20,22). The second-order valence-electron chi connectivity index (χ2n) is 5.84. The van der Waals surface area contributed by atoms with Crippen LogP contribution < -0.4 is 10.6 Å². The van der Waals surface area contributed by atoms with Crippen LogP contribution in [0, 0.1) is 0 Å². The summed E-state index contributed by atoms with van der Waals surface area (Å²) in [6, 6.07) is 8.83. The van der Waals surface area contributed by atoms with Gasteiger partial charge < -0.3 is 20.0 Å². The molecule has 3 rings (SSSR count). The van der Waals surface area contributed by atoms with E-state index >= 15 is 0 Å². The summed E-state index contributed by atoms with van der Waals surface area (Å²) in [6.07, 6.45) is 1.44. The number of nitrogens with zero attached hydrogens (tertiary/aromatic N) is 1. The van der Waals surface area contributed by atoms with Crippen molar-refractivity contribution >= 4 is 39.5 Å². The number of hydrogen-bond donors (Lipinski definition) is 2. The molecule has 8 heteroatoms. The molecule has 2 amide bonds. The molecule has 0 aliphatic rings. The van der Waals surface area contributed by atoms with Crippen LogP contribution in [0.5, 0.6) is 0 Å². The lowest BCUT2D eigenvalue weighted by Crippen LogP contribution is -2.34. The molecule has 0 aliphatic carbocycles. The minimum absolute atomic E-state index is 0.114. The largest absolute Gasteiger partial charge is 0.459 e. The number of rotatable bonds is 7. The third-order valence-electron chi connectivity index (χ3n) is 3.82. The van der Waals surface area contributed by atoms with Crippen LogP contribution in [0.25, 0.3) is 0 Å². The summed E-state index contributed by atoms with van der Waals surface area (Å²) >= 11 is 2.87. The van der Waals surface area contributed by atoms with Gasteiger partial charge in [0.05, 0.1) is 22.2 Å². The molecule has 0 aromatic carbocycles. The summed E-state index contributed by atoms with van der Waals surface area (Å²) in [5, 5.41) is 10.4. The van der Waals surface area contributed by atoms with Crippen LogP contribution in [0.3, 0.4) is 0 Å². The molecule has 0 aliphatic heterocycles. The molecule has 136 valence electrons. The van der Waals surface area contributed by atoms with Crippen LogP contribution in [0.1, 0.15) is 31.8 Å². The molecule has 0 radical (unpaired) electrons. The van der Waals surface area contributed by atoms with Gasteiger partial charge in [0.2, 0.25) is 0 Å². The van der Waals surface area contributed by atoms with E-state index in [2.05, 4.69) is 27.0 Å². The molecule has 2 N–H and O–H groups in total. The zero-order chi connectivity index (χ0) is 18.5. The maximum Gasteiger partial charge on any atom is 0.291 e. The summed E-state index contributed by atoms with van der Waals surface area (Å²) < 4.78 is 5.05. The van der Waals surface area contributed by atoms with Gasteiger partial charge in [-0.3, -0.25) is 9.59 Å². The van der Waals surface area contributed by atoms with Gasteiger partial charge in [0.15, 0.2) is 5.76 Å². The first kappa shape index (κ1) is 18.4. The highest BCUT2D eigenvalue weighted by Gasteiger charge is 2.18. The summed E-state index contributed by atoms with van der Waals surface area (Å²) in [5.74, 6) is -0.265. The average Bonchev–Trinajstić information content (AvgIpc) is 3.36. The molecule has 26 heavy (non-hydrogen) atoms. The summed E-state index contributed by atoms with van der Waals surface area (Å²) in [6.45, 7) is 0.508. The molecule has 3 aromatic rings. The van der Waals surface area contributed by atoms with Gasteiger partial charge in [-0.1, -0.05) is 0 Å². The second kappa shape index (κ2) is 8.31. The number of amides is 2. The zero-order valence-corrected chi connectivity index (χ0v) is 16.0. The highest BCUT2D eigenvalue weighted by molar-refractivity contribution is 7.18. The normalized spacial score (nSPS) is 12.1. The third-order valence-corrected chi connectivity index (χ3v) is 5.52. The van der Waals surface area contributed by atoms with Crippen molar-refractivity contribution in [2.24, 2.45) is 0 Å². The lowest BCUT2D eigenvalue weighted by molar-refractivity contribution is 0.0944. The van der Waals surface area contributed by atoms with Crippen LogP contribution in [-0.2, 0) is 0 Å². The van der Waals surface area contributed by atoms with E-state index in [9.17, 15) is 9.59 Å². The topological polar surface area (TPSA) is 74.6 Å². The Kier molecular flexibility index (Phi) is 5.87. The molecule has 0 fully saturated rings. The Morgan fingerprint density at radius 3 is 2.69 bits per heavy atom. The molecule has 1 atom stereocenters. The Labute approximate surface area is 159 Å². The first-order valence-corrected chi connectivity index (χ1v) is 9.72. The fourth-order valence-corrected chi connectivity index (χ4v) is 3.97. The summed E-state index contributed by atoms with van der Waals surface area (Å²) in [4.78, 5) is 27.0. The lowest BCUT2D eigenvalue weighted by atomic mass is 10.1. The van der Waals surface area contributed by atoms with Crippen LogP contribution in [-0.4, -0.2) is 37.4 Å². The molecule has 1 unspecified atom stereocenters. The second-order valence-corrected chi connectivity index (χ2v) is 7.71. The minimum Gasteiger partial charge on any atom is -0.459 e. The fourth-order valence-electron chi connectivity index (χ4n) is 2.45. The Morgan fingerprint density at radius 1 is 1.19 bits per heavy atom. The smallest absolute Gasteiger partial charge is 0.291 e. The third kappa shape index (κ3) is 4.40. The molecule has 0 saturated carbocycles. The molecule has 6 nitrogen and oxygen atoms in total.